The third kappa shape index (κ3) is 8.45. The number of carbonyl (C=O) groups excluding carboxylic acids is 3. The molecule has 258 valence electrons. The molecular formula is C38H44FN5O5. The van der Waals surface area contributed by atoms with E-state index in [0.717, 1.165) is 81.5 Å². The Morgan fingerprint density at radius 1 is 0.939 bits per heavy atom. The van der Waals surface area contributed by atoms with E-state index in [1.807, 2.05) is 35.0 Å². The Labute approximate surface area is 285 Å². The van der Waals surface area contributed by atoms with Crippen LogP contribution in [0.2, 0.25) is 0 Å². The molecule has 0 unspecified atom stereocenters. The molecule has 2 aliphatic heterocycles. The SMILES string of the molecule is CC(C)(C)OC(=O)Cc1cc(F)ccc1NC(=O)c1ccc(N2CCCCC2)c(C(=O)Nc2nn(CC3CCOCC3)c3ccccc23)c1. The number of fused-ring (bicyclic) bond motifs is 1. The summed E-state index contributed by atoms with van der Waals surface area (Å²) in [6.45, 7) is 9.07. The van der Waals surface area contributed by atoms with Gasteiger partial charge >= 0.3 is 5.97 Å². The molecule has 3 heterocycles. The number of carbonyl (C=O) groups is 3. The van der Waals surface area contributed by atoms with Crippen LogP contribution in [0.3, 0.4) is 0 Å². The Hall–Kier alpha value is -4.77. The average molecular weight is 670 g/mol. The molecule has 49 heavy (non-hydrogen) atoms. The van der Waals surface area contributed by atoms with Crippen LogP contribution >= 0.6 is 0 Å². The molecular weight excluding hydrogens is 625 g/mol. The molecule has 2 saturated heterocycles. The maximum Gasteiger partial charge on any atom is 0.310 e. The Bertz CT molecular complexity index is 1840. The van der Waals surface area contributed by atoms with E-state index < -0.39 is 23.3 Å². The third-order valence-corrected chi connectivity index (χ3v) is 8.93. The van der Waals surface area contributed by atoms with Gasteiger partial charge in [0.05, 0.1) is 17.5 Å². The van der Waals surface area contributed by atoms with E-state index in [0.29, 0.717) is 17.3 Å². The van der Waals surface area contributed by atoms with Gasteiger partial charge in [-0.05, 0) is 113 Å². The minimum Gasteiger partial charge on any atom is -0.460 e. The number of rotatable bonds is 9. The molecule has 2 aliphatic rings. The highest BCUT2D eigenvalue weighted by Crippen LogP contribution is 2.30. The highest BCUT2D eigenvalue weighted by molar-refractivity contribution is 6.13. The van der Waals surface area contributed by atoms with E-state index in [2.05, 4.69) is 15.5 Å². The fourth-order valence-corrected chi connectivity index (χ4v) is 6.54. The van der Waals surface area contributed by atoms with Crippen molar-refractivity contribution in [2.75, 3.05) is 41.8 Å². The number of anilines is 3. The zero-order valence-electron chi connectivity index (χ0n) is 28.4. The van der Waals surface area contributed by atoms with E-state index in [1.165, 1.54) is 18.2 Å². The van der Waals surface area contributed by atoms with Gasteiger partial charge in [0, 0.05) is 55.2 Å². The molecule has 4 aromatic rings. The number of hydrogen-bond donors (Lipinski definition) is 2. The van der Waals surface area contributed by atoms with Crippen LogP contribution in [0.1, 0.15) is 79.2 Å². The summed E-state index contributed by atoms with van der Waals surface area (Å²) in [6, 6.07) is 16.8. The first-order chi connectivity index (χ1) is 23.5. The van der Waals surface area contributed by atoms with E-state index in [9.17, 15) is 18.8 Å². The smallest absolute Gasteiger partial charge is 0.310 e. The van der Waals surface area contributed by atoms with Gasteiger partial charge in [-0.2, -0.15) is 5.10 Å². The number of nitrogens with one attached hydrogen (secondary N) is 2. The lowest BCUT2D eigenvalue weighted by Gasteiger charge is -2.30. The minimum absolute atomic E-state index is 0.221. The summed E-state index contributed by atoms with van der Waals surface area (Å²) in [4.78, 5) is 42.6. The molecule has 3 aromatic carbocycles. The molecule has 0 aliphatic carbocycles. The summed E-state index contributed by atoms with van der Waals surface area (Å²) in [5, 5.41) is 11.6. The lowest BCUT2D eigenvalue weighted by atomic mass is 10.0. The number of ether oxygens (including phenoxy) is 2. The van der Waals surface area contributed by atoms with Gasteiger partial charge in [0.15, 0.2) is 5.82 Å². The molecule has 0 radical (unpaired) electrons. The van der Waals surface area contributed by atoms with Gasteiger partial charge < -0.3 is 25.0 Å². The van der Waals surface area contributed by atoms with Crippen LogP contribution in [0.15, 0.2) is 60.7 Å². The molecule has 2 fully saturated rings. The van der Waals surface area contributed by atoms with Crippen molar-refractivity contribution in [2.45, 2.75) is 71.4 Å². The molecule has 2 amide bonds. The zero-order valence-corrected chi connectivity index (χ0v) is 28.4. The quantitative estimate of drug-likeness (QED) is 0.185. The van der Waals surface area contributed by atoms with Gasteiger partial charge in [-0.1, -0.05) is 12.1 Å². The molecule has 11 heteroatoms. The van der Waals surface area contributed by atoms with Crippen LogP contribution < -0.4 is 15.5 Å². The largest absolute Gasteiger partial charge is 0.460 e. The third-order valence-electron chi connectivity index (χ3n) is 8.93. The number of halogens is 1. The van der Waals surface area contributed by atoms with Crippen molar-refractivity contribution < 1.29 is 28.2 Å². The number of benzene rings is 3. The molecule has 2 N–H and O–H groups in total. The van der Waals surface area contributed by atoms with Gasteiger partial charge in [0.2, 0.25) is 0 Å². The number of nitrogens with zero attached hydrogens (tertiary/aromatic N) is 3. The Morgan fingerprint density at radius 3 is 2.45 bits per heavy atom. The maximum absolute atomic E-state index is 14.2. The van der Waals surface area contributed by atoms with E-state index >= 15 is 0 Å². The molecule has 0 atom stereocenters. The lowest BCUT2D eigenvalue weighted by Crippen LogP contribution is -2.31. The summed E-state index contributed by atoms with van der Waals surface area (Å²) < 4.78 is 27.2. The average Bonchev–Trinajstić information content (AvgIpc) is 3.42. The topological polar surface area (TPSA) is 115 Å². The standard InChI is InChI=1S/C38H44FN5O5/c1-38(2,3)49-34(45)23-27-21-28(39)12-13-31(27)40-36(46)26-11-14-32(43-17-7-4-8-18-43)30(22-26)37(47)41-35-29-9-5-6-10-33(29)44(42-35)24-25-15-19-48-20-16-25/h5-6,9-14,21-22,25H,4,7-8,15-20,23-24H2,1-3H3,(H,40,46)(H,41,42,47). The maximum atomic E-state index is 14.2. The van der Waals surface area contributed by atoms with Crippen molar-refractivity contribution in [1.82, 2.24) is 9.78 Å². The van der Waals surface area contributed by atoms with Gasteiger partial charge in [-0.3, -0.25) is 19.1 Å². The first kappa shape index (κ1) is 34.1. The number of amides is 2. The van der Waals surface area contributed by atoms with Crippen LogP contribution in [0, 0.1) is 11.7 Å². The van der Waals surface area contributed by atoms with Crippen LogP contribution in [0.25, 0.3) is 10.9 Å². The van der Waals surface area contributed by atoms with Gasteiger partial charge in [-0.15, -0.1) is 0 Å². The highest BCUT2D eigenvalue weighted by atomic mass is 19.1. The molecule has 0 spiro atoms. The van der Waals surface area contributed by atoms with Crippen molar-refractivity contribution in [3.63, 3.8) is 0 Å². The van der Waals surface area contributed by atoms with Crippen LogP contribution in [-0.2, 0) is 27.2 Å². The van der Waals surface area contributed by atoms with Gasteiger partial charge in [-0.25, -0.2) is 4.39 Å². The summed E-state index contributed by atoms with van der Waals surface area (Å²) in [5.74, 6) is -1.05. The summed E-state index contributed by atoms with van der Waals surface area (Å²) in [7, 11) is 0. The number of piperidine rings is 1. The van der Waals surface area contributed by atoms with Crippen molar-refractivity contribution in [1.29, 1.82) is 0 Å². The predicted octanol–water partition coefficient (Wildman–Crippen LogP) is 6.98. The molecule has 0 saturated carbocycles. The van der Waals surface area contributed by atoms with Crippen molar-refractivity contribution in [2.24, 2.45) is 5.92 Å². The Morgan fingerprint density at radius 2 is 1.69 bits per heavy atom. The van der Waals surface area contributed by atoms with Crippen molar-refractivity contribution >= 4 is 45.9 Å². The summed E-state index contributed by atoms with van der Waals surface area (Å²) >= 11 is 0. The first-order valence-electron chi connectivity index (χ1n) is 17.1. The second-order valence-corrected chi connectivity index (χ2v) is 13.9. The number of esters is 1. The molecule has 1 aromatic heterocycles. The molecule has 10 nitrogen and oxygen atoms in total. The summed E-state index contributed by atoms with van der Waals surface area (Å²) in [5.41, 5.74) is 2.13. The Balaban J connectivity index is 1.28. The van der Waals surface area contributed by atoms with Crippen LogP contribution in [0.4, 0.5) is 21.6 Å². The van der Waals surface area contributed by atoms with E-state index in [-0.39, 0.29) is 29.1 Å². The molecule has 6 rings (SSSR count). The predicted molar refractivity (Wildman–Crippen MR) is 188 cm³/mol. The monoisotopic (exact) mass is 669 g/mol. The zero-order chi connectivity index (χ0) is 34.5. The number of hydrogen-bond acceptors (Lipinski definition) is 7. The lowest BCUT2D eigenvalue weighted by molar-refractivity contribution is -0.153. The normalized spacial score (nSPS) is 15.6. The summed E-state index contributed by atoms with van der Waals surface area (Å²) in [6.07, 6.45) is 4.85. The second-order valence-electron chi connectivity index (χ2n) is 13.9. The molecule has 0 bridgehead atoms. The minimum atomic E-state index is -0.712. The number of para-hydroxylation sites is 1. The number of aromatic nitrogens is 2. The van der Waals surface area contributed by atoms with Crippen LogP contribution in [0.5, 0.6) is 0 Å². The Kier molecular flexibility index (Phi) is 10.3. The van der Waals surface area contributed by atoms with E-state index in [1.54, 1.807) is 32.9 Å². The van der Waals surface area contributed by atoms with E-state index in [4.69, 9.17) is 14.6 Å². The van der Waals surface area contributed by atoms with Crippen molar-refractivity contribution in [3.8, 4) is 0 Å². The van der Waals surface area contributed by atoms with Crippen LogP contribution in [-0.4, -0.2) is 59.5 Å². The second kappa shape index (κ2) is 14.8. The highest BCUT2D eigenvalue weighted by Gasteiger charge is 2.25. The fraction of sp³-hybridized carbons (Fsp3) is 0.421. The first-order valence-corrected chi connectivity index (χ1v) is 17.1. The fourth-order valence-electron chi connectivity index (χ4n) is 6.54. The van der Waals surface area contributed by atoms with Gasteiger partial charge in [0.25, 0.3) is 11.8 Å². The van der Waals surface area contributed by atoms with Crippen molar-refractivity contribution in [3.05, 3.63) is 83.2 Å². The van der Waals surface area contributed by atoms with Gasteiger partial charge in [0.1, 0.15) is 11.4 Å².